The Morgan fingerprint density at radius 1 is 1.21 bits per heavy atom. The molecule has 5 rings (SSSR count). The zero-order valence-electron chi connectivity index (χ0n) is 16.9. The van der Waals surface area contributed by atoms with Crippen LogP contribution in [0.4, 0.5) is 0 Å². The van der Waals surface area contributed by atoms with Crippen LogP contribution >= 0.6 is 15.9 Å². The number of nitrogens with zero attached hydrogens (tertiary/aromatic N) is 3. The molecule has 2 aromatic rings. The largest absolute Gasteiger partial charge is 0.496 e. The lowest BCUT2D eigenvalue weighted by Gasteiger charge is -2.51. The van der Waals surface area contributed by atoms with Crippen molar-refractivity contribution in [2.24, 2.45) is 5.10 Å². The van der Waals surface area contributed by atoms with Crippen LogP contribution in [0.25, 0.3) is 0 Å². The third kappa shape index (κ3) is 3.13. The molecule has 3 aliphatic heterocycles. The highest BCUT2D eigenvalue weighted by Crippen LogP contribution is 2.50. The minimum atomic E-state index is -0.374. The number of para-hydroxylation sites is 1. The number of halogens is 1. The first kappa shape index (κ1) is 18.9. The van der Waals surface area contributed by atoms with Crippen molar-refractivity contribution in [3.8, 4) is 11.5 Å². The van der Waals surface area contributed by atoms with Gasteiger partial charge in [0.05, 0.1) is 18.9 Å². The Kier molecular flexibility index (Phi) is 4.79. The summed E-state index contributed by atoms with van der Waals surface area (Å²) in [6, 6.07) is 14.7. The van der Waals surface area contributed by atoms with Crippen molar-refractivity contribution < 1.29 is 9.47 Å². The minimum absolute atomic E-state index is 0.185. The van der Waals surface area contributed by atoms with Gasteiger partial charge in [-0.2, -0.15) is 5.10 Å². The molecule has 1 spiro atoms. The van der Waals surface area contributed by atoms with E-state index in [1.165, 1.54) is 5.56 Å². The molecule has 5 nitrogen and oxygen atoms in total. The maximum Gasteiger partial charge on any atom is 0.200 e. The number of likely N-dealkylation sites (tertiary alicyclic amines) is 1. The SMILES string of the molecule is CCN1CCC2(CC1)Oc1ccc(Br)cc1C1CC(c3ccccc3OC)=NN12. The van der Waals surface area contributed by atoms with Gasteiger partial charge in [-0.15, -0.1) is 0 Å². The van der Waals surface area contributed by atoms with Crippen LogP contribution in [0, 0.1) is 0 Å². The normalized spacial score (nSPS) is 22.7. The highest BCUT2D eigenvalue weighted by Gasteiger charge is 2.51. The Hall–Kier alpha value is -2.05. The quantitative estimate of drug-likeness (QED) is 0.664. The molecule has 0 aromatic heterocycles. The average molecular weight is 456 g/mol. The van der Waals surface area contributed by atoms with E-state index >= 15 is 0 Å². The van der Waals surface area contributed by atoms with Crippen molar-refractivity contribution in [2.75, 3.05) is 26.7 Å². The summed E-state index contributed by atoms with van der Waals surface area (Å²) < 4.78 is 13.4. The second-order valence-electron chi connectivity index (χ2n) is 7.98. The first-order chi connectivity index (χ1) is 14.1. The molecule has 0 N–H and O–H groups in total. The molecule has 152 valence electrons. The summed E-state index contributed by atoms with van der Waals surface area (Å²) in [6.07, 6.45) is 2.76. The predicted molar refractivity (Wildman–Crippen MR) is 118 cm³/mol. The Morgan fingerprint density at radius 3 is 2.76 bits per heavy atom. The van der Waals surface area contributed by atoms with Gasteiger partial charge in [-0.1, -0.05) is 35.0 Å². The van der Waals surface area contributed by atoms with Gasteiger partial charge >= 0.3 is 0 Å². The van der Waals surface area contributed by atoms with Crippen LogP contribution in [0.3, 0.4) is 0 Å². The Morgan fingerprint density at radius 2 is 2.00 bits per heavy atom. The molecule has 1 atom stereocenters. The van der Waals surface area contributed by atoms with Crippen molar-refractivity contribution in [3.05, 3.63) is 58.1 Å². The summed E-state index contributed by atoms with van der Waals surface area (Å²) in [4.78, 5) is 2.49. The highest BCUT2D eigenvalue weighted by atomic mass is 79.9. The van der Waals surface area contributed by atoms with Gasteiger partial charge in [-0.05, 0) is 36.9 Å². The lowest BCUT2D eigenvalue weighted by atomic mass is 9.90. The van der Waals surface area contributed by atoms with Gasteiger partial charge < -0.3 is 14.4 Å². The molecule has 0 aliphatic carbocycles. The number of hydrazone groups is 1. The van der Waals surface area contributed by atoms with Crippen molar-refractivity contribution in [1.29, 1.82) is 0 Å². The number of methoxy groups -OCH3 is 1. The van der Waals surface area contributed by atoms with Crippen LogP contribution in [0.1, 0.15) is 43.4 Å². The van der Waals surface area contributed by atoms with Gasteiger partial charge in [0.15, 0.2) is 0 Å². The molecular weight excluding hydrogens is 430 g/mol. The van der Waals surface area contributed by atoms with Gasteiger partial charge in [0, 0.05) is 48.0 Å². The fourth-order valence-corrected chi connectivity index (χ4v) is 5.23. The van der Waals surface area contributed by atoms with E-state index in [2.05, 4.69) is 57.0 Å². The van der Waals surface area contributed by atoms with Crippen LogP contribution in [0.5, 0.6) is 11.5 Å². The summed E-state index contributed by atoms with van der Waals surface area (Å²) in [7, 11) is 1.72. The number of piperidine rings is 1. The molecule has 0 bridgehead atoms. The molecular formula is C23H26BrN3O2. The molecule has 0 amide bonds. The molecule has 0 saturated carbocycles. The lowest BCUT2D eigenvalue weighted by molar-refractivity contribution is -0.149. The predicted octanol–water partition coefficient (Wildman–Crippen LogP) is 4.81. The molecule has 1 saturated heterocycles. The summed E-state index contributed by atoms with van der Waals surface area (Å²) in [5.74, 6) is 1.87. The van der Waals surface area contributed by atoms with Crippen LogP contribution in [0.15, 0.2) is 52.0 Å². The van der Waals surface area contributed by atoms with E-state index < -0.39 is 0 Å². The van der Waals surface area contributed by atoms with Crippen molar-refractivity contribution >= 4 is 21.6 Å². The molecule has 6 heteroatoms. The average Bonchev–Trinajstić information content (AvgIpc) is 3.22. The van der Waals surface area contributed by atoms with Gasteiger partial charge in [0.25, 0.3) is 0 Å². The summed E-state index contributed by atoms with van der Waals surface area (Å²) >= 11 is 3.64. The zero-order chi connectivity index (χ0) is 20.0. The number of rotatable bonds is 3. The summed E-state index contributed by atoms with van der Waals surface area (Å²) in [5.41, 5.74) is 2.97. The molecule has 2 aromatic carbocycles. The zero-order valence-corrected chi connectivity index (χ0v) is 18.5. The maximum absolute atomic E-state index is 6.70. The number of fused-ring (bicyclic) bond motifs is 4. The number of ether oxygens (including phenoxy) is 2. The lowest BCUT2D eigenvalue weighted by Crippen LogP contribution is -2.59. The fourth-order valence-electron chi connectivity index (χ4n) is 4.85. The highest BCUT2D eigenvalue weighted by molar-refractivity contribution is 9.10. The van der Waals surface area contributed by atoms with Gasteiger partial charge in [0.1, 0.15) is 11.5 Å². The van der Waals surface area contributed by atoms with E-state index in [1.807, 2.05) is 18.2 Å². The summed E-state index contributed by atoms with van der Waals surface area (Å²) in [6.45, 7) is 5.37. The van der Waals surface area contributed by atoms with Gasteiger partial charge in [-0.25, -0.2) is 5.01 Å². The third-order valence-electron chi connectivity index (χ3n) is 6.46. The van der Waals surface area contributed by atoms with Gasteiger partial charge in [0.2, 0.25) is 5.72 Å². The van der Waals surface area contributed by atoms with E-state index in [0.29, 0.717) is 0 Å². The first-order valence-electron chi connectivity index (χ1n) is 10.3. The number of hydrogen-bond donors (Lipinski definition) is 0. The fraction of sp³-hybridized carbons (Fsp3) is 0.435. The Balaban J connectivity index is 1.58. The van der Waals surface area contributed by atoms with E-state index in [4.69, 9.17) is 14.6 Å². The van der Waals surface area contributed by atoms with E-state index in [1.54, 1.807) is 7.11 Å². The maximum atomic E-state index is 6.70. The van der Waals surface area contributed by atoms with Crippen molar-refractivity contribution in [1.82, 2.24) is 9.91 Å². The topological polar surface area (TPSA) is 37.3 Å². The Labute approximate surface area is 180 Å². The number of benzene rings is 2. The van der Waals surface area contributed by atoms with E-state index in [0.717, 1.165) is 66.1 Å². The van der Waals surface area contributed by atoms with Crippen LogP contribution in [-0.2, 0) is 0 Å². The second-order valence-corrected chi connectivity index (χ2v) is 8.89. The van der Waals surface area contributed by atoms with Gasteiger partial charge in [-0.3, -0.25) is 0 Å². The van der Waals surface area contributed by atoms with Crippen LogP contribution in [-0.4, -0.2) is 48.1 Å². The third-order valence-corrected chi connectivity index (χ3v) is 6.95. The van der Waals surface area contributed by atoms with E-state index in [9.17, 15) is 0 Å². The summed E-state index contributed by atoms with van der Waals surface area (Å²) in [5, 5.41) is 7.42. The Bertz CT molecular complexity index is 953. The molecule has 3 aliphatic rings. The van der Waals surface area contributed by atoms with Crippen molar-refractivity contribution in [2.45, 2.75) is 38.0 Å². The molecule has 29 heavy (non-hydrogen) atoms. The van der Waals surface area contributed by atoms with Crippen molar-refractivity contribution in [3.63, 3.8) is 0 Å². The standard InChI is InChI=1S/C23H26BrN3O2/c1-3-26-12-10-23(11-13-26)27-20(18-14-16(24)8-9-22(18)29-23)15-19(25-27)17-6-4-5-7-21(17)28-2/h4-9,14,20H,3,10-13,15H2,1-2H3. The molecule has 1 fully saturated rings. The molecule has 3 heterocycles. The smallest absolute Gasteiger partial charge is 0.200 e. The molecule has 0 radical (unpaired) electrons. The number of hydrogen-bond acceptors (Lipinski definition) is 5. The molecule has 1 unspecified atom stereocenters. The minimum Gasteiger partial charge on any atom is -0.496 e. The van der Waals surface area contributed by atoms with Crippen LogP contribution < -0.4 is 9.47 Å². The van der Waals surface area contributed by atoms with Crippen LogP contribution in [0.2, 0.25) is 0 Å². The van der Waals surface area contributed by atoms with E-state index in [-0.39, 0.29) is 11.8 Å². The second kappa shape index (κ2) is 7.33. The monoisotopic (exact) mass is 455 g/mol. The first-order valence-corrected chi connectivity index (χ1v) is 11.1.